The van der Waals surface area contributed by atoms with E-state index in [1.54, 1.807) is 40.1 Å². The molecule has 0 radical (unpaired) electrons. The fourth-order valence-corrected chi connectivity index (χ4v) is 3.99. The largest absolute Gasteiger partial charge is 0.490 e. The fourth-order valence-electron chi connectivity index (χ4n) is 3.81. The predicted molar refractivity (Wildman–Crippen MR) is 116 cm³/mol. The van der Waals surface area contributed by atoms with Gasteiger partial charge < -0.3 is 24.0 Å². The van der Waals surface area contributed by atoms with Gasteiger partial charge in [-0.15, -0.1) is 0 Å². The van der Waals surface area contributed by atoms with Gasteiger partial charge in [-0.1, -0.05) is 17.7 Å². The molecular formula is C22H25ClN4O5. The molecule has 2 saturated heterocycles. The van der Waals surface area contributed by atoms with E-state index in [9.17, 15) is 9.59 Å². The Morgan fingerprint density at radius 3 is 2.69 bits per heavy atom. The summed E-state index contributed by atoms with van der Waals surface area (Å²) in [5.41, 5.74) is -0.704. The first-order chi connectivity index (χ1) is 15.5. The molecule has 0 unspecified atom stereocenters. The first-order valence-corrected chi connectivity index (χ1v) is 10.9. The van der Waals surface area contributed by atoms with Crippen molar-refractivity contribution in [1.29, 1.82) is 0 Å². The minimum Gasteiger partial charge on any atom is -0.490 e. The number of morpholine rings is 2. The first kappa shape index (κ1) is 22.4. The molecule has 0 saturated carbocycles. The Balaban J connectivity index is 1.52. The number of hydrogen-bond acceptors (Lipinski definition) is 7. The van der Waals surface area contributed by atoms with Crippen LogP contribution in [0.4, 0.5) is 0 Å². The Morgan fingerprint density at radius 2 is 1.94 bits per heavy atom. The average Bonchev–Trinajstić information content (AvgIpc) is 2.84. The number of ether oxygens (including phenoxy) is 3. The second-order valence-electron chi connectivity index (χ2n) is 7.77. The molecule has 32 heavy (non-hydrogen) atoms. The zero-order chi connectivity index (χ0) is 22.4. The van der Waals surface area contributed by atoms with Crippen molar-refractivity contribution in [3.8, 4) is 5.75 Å². The lowest BCUT2D eigenvalue weighted by Gasteiger charge is -2.43. The van der Waals surface area contributed by atoms with E-state index in [1.807, 2.05) is 0 Å². The smallest absolute Gasteiger partial charge is 0.272 e. The van der Waals surface area contributed by atoms with Gasteiger partial charge in [0.1, 0.15) is 30.0 Å². The van der Waals surface area contributed by atoms with Crippen molar-refractivity contribution in [2.75, 3.05) is 52.6 Å². The number of aromatic nitrogens is 2. The van der Waals surface area contributed by atoms with E-state index in [-0.39, 0.29) is 38.0 Å². The highest BCUT2D eigenvalue weighted by atomic mass is 35.5. The van der Waals surface area contributed by atoms with E-state index < -0.39 is 5.60 Å². The summed E-state index contributed by atoms with van der Waals surface area (Å²) in [5.74, 6) is 0.277. The van der Waals surface area contributed by atoms with Crippen LogP contribution in [0, 0.1) is 0 Å². The molecule has 0 spiro atoms. The van der Waals surface area contributed by atoms with Crippen molar-refractivity contribution in [3.05, 3.63) is 53.6 Å². The molecule has 3 heterocycles. The third-order valence-electron chi connectivity index (χ3n) is 5.47. The summed E-state index contributed by atoms with van der Waals surface area (Å²) in [4.78, 5) is 37.4. The molecule has 9 nitrogen and oxygen atoms in total. The molecule has 1 aromatic carbocycles. The summed E-state index contributed by atoms with van der Waals surface area (Å²) >= 11 is 6.07. The maximum atomic E-state index is 13.1. The molecule has 2 aliphatic heterocycles. The second kappa shape index (κ2) is 10.2. The Kier molecular flexibility index (Phi) is 7.19. The lowest BCUT2D eigenvalue weighted by molar-refractivity contribution is -0.155. The van der Waals surface area contributed by atoms with Gasteiger partial charge in [0.05, 0.1) is 32.8 Å². The Labute approximate surface area is 191 Å². The van der Waals surface area contributed by atoms with Crippen LogP contribution < -0.4 is 4.74 Å². The molecule has 1 atom stereocenters. The molecule has 2 aliphatic rings. The van der Waals surface area contributed by atoms with Crippen LogP contribution >= 0.6 is 11.6 Å². The number of rotatable bonds is 6. The molecule has 2 fully saturated rings. The lowest BCUT2D eigenvalue weighted by Crippen LogP contribution is -2.58. The van der Waals surface area contributed by atoms with Crippen LogP contribution in [0.3, 0.4) is 0 Å². The third kappa shape index (κ3) is 5.53. The summed E-state index contributed by atoms with van der Waals surface area (Å²) in [6, 6.07) is 8.60. The molecule has 170 valence electrons. The number of nitrogens with zero attached hydrogens (tertiary/aromatic N) is 4. The van der Waals surface area contributed by atoms with Crippen LogP contribution in [0.5, 0.6) is 5.75 Å². The summed E-state index contributed by atoms with van der Waals surface area (Å²) < 4.78 is 17.5. The number of hydrogen-bond donors (Lipinski definition) is 0. The van der Waals surface area contributed by atoms with Crippen LogP contribution in [-0.2, 0) is 14.3 Å². The molecular weight excluding hydrogens is 436 g/mol. The maximum absolute atomic E-state index is 13.1. The number of carbonyl (C=O) groups excluding carboxylic acids is 2. The van der Waals surface area contributed by atoms with E-state index in [1.165, 1.54) is 12.5 Å². The standard InChI is InChI=1S/C22H25ClN4O5/c23-17-2-1-3-18(12-17)31-15-22(13-20(28)26-6-9-30-10-7-26)14-27(8-11-32-22)21(29)19-4-5-24-16-25-19/h1-5,12,16H,6-11,13-15H2/t22-/m0/s1. The quantitative estimate of drug-likeness (QED) is 0.647. The van der Waals surface area contributed by atoms with Crippen LogP contribution in [0.2, 0.25) is 5.02 Å². The number of benzene rings is 1. The van der Waals surface area contributed by atoms with Crippen molar-refractivity contribution >= 4 is 23.4 Å². The highest BCUT2D eigenvalue weighted by Crippen LogP contribution is 2.27. The molecule has 2 amide bonds. The summed E-state index contributed by atoms with van der Waals surface area (Å²) in [7, 11) is 0. The van der Waals surface area contributed by atoms with Gasteiger partial charge in [0, 0.05) is 30.9 Å². The number of amides is 2. The van der Waals surface area contributed by atoms with Gasteiger partial charge in [-0.25, -0.2) is 9.97 Å². The minimum absolute atomic E-state index is 0.0562. The maximum Gasteiger partial charge on any atom is 0.272 e. The van der Waals surface area contributed by atoms with Crippen molar-refractivity contribution in [2.45, 2.75) is 12.0 Å². The highest BCUT2D eigenvalue weighted by Gasteiger charge is 2.42. The molecule has 0 N–H and O–H groups in total. The van der Waals surface area contributed by atoms with Gasteiger partial charge in [0.2, 0.25) is 5.91 Å². The lowest BCUT2D eigenvalue weighted by atomic mass is 9.96. The van der Waals surface area contributed by atoms with Gasteiger partial charge >= 0.3 is 0 Å². The van der Waals surface area contributed by atoms with Crippen LogP contribution in [-0.4, -0.2) is 89.8 Å². The Morgan fingerprint density at radius 1 is 1.12 bits per heavy atom. The topological polar surface area (TPSA) is 94.1 Å². The van der Waals surface area contributed by atoms with Crippen molar-refractivity contribution in [3.63, 3.8) is 0 Å². The molecule has 1 aromatic heterocycles. The summed E-state index contributed by atoms with van der Waals surface area (Å²) in [6.45, 7) is 3.07. The van der Waals surface area contributed by atoms with Crippen molar-refractivity contribution in [2.24, 2.45) is 0 Å². The van der Waals surface area contributed by atoms with Crippen LogP contribution in [0.1, 0.15) is 16.9 Å². The highest BCUT2D eigenvalue weighted by molar-refractivity contribution is 6.30. The third-order valence-corrected chi connectivity index (χ3v) is 5.71. The van der Waals surface area contributed by atoms with E-state index in [0.717, 1.165) is 0 Å². The summed E-state index contributed by atoms with van der Waals surface area (Å²) in [6.07, 6.45) is 2.95. The molecule has 4 rings (SSSR count). The summed E-state index contributed by atoms with van der Waals surface area (Å²) in [5, 5.41) is 0.547. The predicted octanol–water partition coefficient (Wildman–Crippen LogP) is 1.67. The average molecular weight is 461 g/mol. The van der Waals surface area contributed by atoms with Gasteiger partial charge in [0.15, 0.2) is 0 Å². The molecule has 10 heteroatoms. The zero-order valence-corrected chi connectivity index (χ0v) is 18.4. The normalized spacial score (nSPS) is 21.3. The van der Waals surface area contributed by atoms with Gasteiger partial charge in [0.25, 0.3) is 5.91 Å². The SMILES string of the molecule is O=C(C[C@@]1(COc2cccc(Cl)c2)CN(C(=O)c2ccncn2)CCO1)N1CCOCC1. The zero-order valence-electron chi connectivity index (χ0n) is 17.6. The van der Waals surface area contributed by atoms with E-state index in [4.69, 9.17) is 25.8 Å². The Bertz CT molecular complexity index is 941. The first-order valence-electron chi connectivity index (χ1n) is 10.5. The molecule has 2 aromatic rings. The van der Waals surface area contributed by atoms with Crippen LogP contribution in [0.15, 0.2) is 42.9 Å². The monoisotopic (exact) mass is 460 g/mol. The molecule has 0 aliphatic carbocycles. The van der Waals surface area contributed by atoms with Gasteiger partial charge in [-0.05, 0) is 24.3 Å². The van der Waals surface area contributed by atoms with Crippen LogP contribution in [0.25, 0.3) is 0 Å². The Hall–Kier alpha value is -2.75. The van der Waals surface area contributed by atoms with Gasteiger partial charge in [-0.3, -0.25) is 9.59 Å². The van der Waals surface area contributed by atoms with E-state index in [2.05, 4.69) is 9.97 Å². The van der Waals surface area contributed by atoms with Gasteiger partial charge in [-0.2, -0.15) is 0 Å². The van der Waals surface area contributed by atoms with E-state index in [0.29, 0.717) is 49.3 Å². The van der Waals surface area contributed by atoms with E-state index >= 15 is 0 Å². The molecule has 0 bridgehead atoms. The second-order valence-corrected chi connectivity index (χ2v) is 8.21. The number of halogens is 1. The minimum atomic E-state index is -1.00. The van der Waals surface area contributed by atoms with Crippen molar-refractivity contribution < 1.29 is 23.8 Å². The fraction of sp³-hybridized carbons (Fsp3) is 0.455. The van der Waals surface area contributed by atoms with Crippen molar-refractivity contribution in [1.82, 2.24) is 19.8 Å². The number of carbonyl (C=O) groups is 2.